The Morgan fingerprint density at radius 3 is 1.58 bits per heavy atom. The van der Waals surface area contributed by atoms with Gasteiger partial charge in [-0.1, -0.05) is 66.7 Å². The van der Waals surface area contributed by atoms with Crippen LogP contribution in [0.5, 0.6) is 34.5 Å². The first-order valence-corrected chi connectivity index (χ1v) is 21.0. The number of nitrogens with one attached hydrogen (secondary N) is 1. The minimum absolute atomic E-state index is 0.0166. The van der Waals surface area contributed by atoms with E-state index in [1.54, 1.807) is 23.9 Å². The van der Waals surface area contributed by atoms with Crippen molar-refractivity contribution in [1.29, 1.82) is 0 Å². The second-order valence-corrected chi connectivity index (χ2v) is 16.3. The Morgan fingerprint density at radius 2 is 0.909 bits per heavy atom. The van der Waals surface area contributed by atoms with Crippen molar-refractivity contribution < 1.29 is 14.2 Å². The third-order valence-electron chi connectivity index (χ3n) is 12.2. The summed E-state index contributed by atoms with van der Waals surface area (Å²) < 4.78 is 24.7. The van der Waals surface area contributed by atoms with Crippen LogP contribution in [0.4, 0.5) is 34.1 Å². The topological polar surface area (TPSA) is 46.2 Å². The molecule has 0 saturated heterocycles. The van der Waals surface area contributed by atoms with Crippen LogP contribution in [0.2, 0.25) is 0 Å². The van der Waals surface area contributed by atoms with Gasteiger partial charge in [0, 0.05) is 52.5 Å². The van der Waals surface area contributed by atoms with Crippen LogP contribution in [-0.4, -0.2) is 32.6 Å². The van der Waals surface area contributed by atoms with E-state index in [0.29, 0.717) is 0 Å². The van der Waals surface area contributed by atoms with Crippen LogP contribution >= 0.6 is 23.9 Å². The predicted molar refractivity (Wildman–Crippen MR) is 234 cm³/mol. The van der Waals surface area contributed by atoms with E-state index in [1.807, 2.05) is 6.07 Å². The highest BCUT2D eigenvalue weighted by molar-refractivity contribution is 8.00. The van der Waals surface area contributed by atoms with Gasteiger partial charge in [0.05, 0.1) is 5.69 Å². The van der Waals surface area contributed by atoms with Crippen LogP contribution in [0.15, 0.2) is 127 Å². The minimum atomic E-state index is -0.0169. The maximum atomic E-state index is 6.84. The van der Waals surface area contributed by atoms with Gasteiger partial charge >= 0.3 is 0 Å². The summed E-state index contributed by atoms with van der Waals surface area (Å²) in [5.74, 6) is 5.34. The largest absolute Gasteiger partial charge is 0.458 e. The Balaban J connectivity index is 1.09. The molecule has 7 aromatic carbocycles. The van der Waals surface area contributed by atoms with Gasteiger partial charge in [-0.3, -0.25) is 8.61 Å². The van der Waals surface area contributed by atoms with Crippen molar-refractivity contribution in [3.63, 3.8) is 0 Å². The molecule has 0 atom stereocenters. The van der Waals surface area contributed by atoms with Crippen molar-refractivity contribution in [1.82, 2.24) is 0 Å². The van der Waals surface area contributed by atoms with Crippen molar-refractivity contribution in [2.24, 2.45) is 0 Å². The van der Waals surface area contributed by atoms with E-state index in [2.05, 4.69) is 148 Å². The van der Waals surface area contributed by atoms with Gasteiger partial charge in [-0.15, -0.1) is 0 Å². The Labute approximate surface area is 328 Å². The number of rotatable bonds is 2. The summed E-state index contributed by atoms with van der Waals surface area (Å²) in [5.41, 5.74) is 18.0. The zero-order valence-electron chi connectivity index (χ0n) is 29.8. The third-order valence-corrected chi connectivity index (χ3v) is 13.8. The molecular formula is C44H28B3N3O3S2. The maximum absolute atomic E-state index is 6.84. The highest BCUT2D eigenvalue weighted by atomic mass is 32.2. The first-order chi connectivity index (χ1) is 27.2. The smallest absolute Gasteiger partial charge is 0.260 e. The second kappa shape index (κ2) is 10.9. The van der Waals surface area contributed by atoms with Gasteiger partial charge < -0.3 is 19.5 Å². The number of hydrogen-bond acceptors (Lipinski definition) is 8. The third kappa shape index (κ3) is 3.92. The van der Waals surface area contributed by atoms with Gasteiger partial charge in [0.1, 0.15) is 34.5 Å². The Hall–Kier alpha value is -5.77. The molecule has 0 aliphatic carbocycles. The van der Waals surface area contributed by atoms with Crippen LogP contribution in [0.1, 0.15) is 0 Å². The van der Waals surface area contributed by atoms with Crippen molar-refractivity contribution in [2.75, 3.05) is 26.4 Å². The SMILES string of the molecule is CSN1c2cc3c(cc2B2c4cc5c(cc4N(SC)c4cccc1c42)Oc1cccc2c1B5c1ccccc1O2)B1c2ccccc2Oc2cccc(c21)N3. The average Bonchev–Trinajstić information content (AvgIpc) is 3.22. The Morgan fingerprint density at radius 1 is 0.400 bits per heavy atom. The first kappa shape index (κ1) is 30.5. The fourth-order valence-corrected chi connectivity index (χ4v) is 11.6. The molecule has 7 aromatic rings. The fourth-order valence-electron chi connectivity index (χ4n) is 10.1. The lowest BCUT2D eigenvalue weighted by molar-refractivity contribution is 0.464. The van der Waals surface area contributed by atoms with Crippen LogP contribution in [0.25, 0.3) is 0 Å². The molecule has 0 aromatic heterocycles. The van der Waals surface area contributed by atoms with Gasteiger partial charge in [-0.05, 0) is 122 Å². The van der Waals surface area contributed by atoms with E-state index in [9.17, 15) is 0 Å². The molecule has 0 amide bonds. The second-order valence-electron chi connectivity index (χ2n) is 14.8. The standard InChI is InChI=1S/C44H28B3N3O3S2/c1-54-49-32-13-8-14-33-43(32)47(27-20-26-31(22-34(27)49)48-30-12-7-17-38-42(30)45(26)24-10-3-5-15-36(24)51-38)28-21-29-41(23-35(28)50(33)55-2)53-40-19-9-18-39-44(40)46(29)25-11-4-6-16-37(25)52-39/h3-23,48H,1-2H3. The summed E-state index contributed by atoms with van der Waals surface area (Å²) in [6.07, 6.45) is 4.35. The zero-order valence-corrected chi connectivity index (χ0v) is 31.4. The van der Waals surface area contributed by atoms with E-state index in [4.69, 9.17) is 14.2 Å². The lowest BCUT2D eigenvalue weighted by atomic mass is 9.29. The molecule has 6 heterocycles. The molecule has 1 N–H and O–H groups in total. The molecule has 11 heteroatoms. The van der Waals surface area contributed by atoms with Gasteiger partial charge in [0.15, 0.2) is 0 Å². The summed E-state index contributed by atoms with van der Waals surface area (Å²) in [4.78, 5) is 0. The molecule has 6 aliphatic rings. The fraction of sp³-hybridized carbons (Fsp3) is 0.0455. The Kier molecular flexibility index (Phi) is 6.07. The molecule has 0 spiro atoms. The molecule has 0 fully saturated rings. The number of ether oxygens (including phenoxy) is 3. The number of benzene rings is 7. The van der Waals surface area contributed by atoms with Crippen LogP contribution in [-0.2, 0) is 0 Å². The number of nitrogens with zero attached hydrogens (tertiary/aromatic N) is 2. The molecule has 55 heavy (non-hydrogen) atoms. The Bertz CT molecular complexity index is 2700. The highest BCUT2D eigenvalue weighted by Gasteiger charge is 2.48. The van der Waals surface area contributed by atoms with Gasteiger partial charge in [0.25, 0.3) is 20.1 Å². The molecule has 258 valence electrons. The van der Waals surface area contributed by atoms with Crippen molar-refractivity contribution >= 4 is 127 Å². The lowest BCUT2D eigenvalue weighted by Crippen LogP contribution is -2.65. The number of fused-ring (bicyclic) bond motifs is 12. The molecule has 6 nitrogen and oxygen atoms in total. The summed E-state index contributed by atoms with van der Waals surface area (Å²) >= 11 is 3.50. The average molecular weight is 743 g/mol. The van der Waals surface area contributed by atoms with E-state index in [0.717, 1.165) is 62.5 Å². The minimum Gasteiger partial charge on any atom is -0.458 e. The van der Waals surface area contributed by atoms with E-state index < -0.39 is 0 Å². The van der Waals surface area contributed by atoms with Crippen LogP contribution < -0.4 is 77.3 Å². The van der Waals surface area contributed by atoms with E-state index in [-0.39, 0.29) is 20.1 Å². The predicted octanol–water partition coefficient (Wildman–Crippen LogP) is 5.07. The lowest BCUT2D eigenvalue weighted by Gasteiger charge is -2.44. The maximum Gasteiger partial charge on any atom is 0.260 e. The molecule has 6 aliphatic heterocycles. The highest BCUT2D eigenvalue weighted by Crippen LogP contribution is 2.45. The van der Waals surface area contributed by atoms with Gasteiger partial charge in [-0.25, -0.2) is 0 Å². The van der Waals surface area contributed by atoms with Crippen molar-refractivity contribution in [3.8, 4) is 34.5 Å². The van der Waals surface area contributed by atoms with E-state index >= 15 is 0 Å². The molecule has 13 rings (SSSR count). The van der Waals surface area contributed by atoms with Crippen molar-refractivity contribution in [3.05, 3.63) is 127 Å². The zero-order chi connectivity index (χ0) is 36.1. The van der Waals surface area contributed by atoms with Crippen LogP contribution in [0, 0.1) is 0 Å². The summed E-state index contributed by atoms with van der Waals surface area (Å²) in [5, 5.41) is 3.85. The van der Waals surface area contributed by atoms with Crippen LogP contribution in [0.3, 0.4) is 0 Å². The monoisotopic (exact) mass is 743 g/mol. The van der Waals surface area contributed by atoms with E-state index in [1.165, 1.54) is 55.3 Å². The normalized spacial score (nSPS) is 14.9. The molecule has 0 bridgehead atoms. The number of para-hydroxylation sites is 2. The summed E-state index contributed by atoms with van der Waals surface area (Å²) in [7, 11) is 0. The quantitative estimate of drug-likeness (QED) is 0.195. The first-order valence-electron chi connectivity index (χ1n) is 18.6. The molecular weight excluding hydrogens is 715 g/mol. The molecule has 0 radical (unpaired) electrons. The summed E-state index contributed by atoms with van der Waals surface area (Å²) in [6, 6.07) is 45.9. The van der Waals surface area contributed by atoms with Gasteiger partial charge in [0.2, 0.25) is 0 Å². The number of hydrogen-bond donors (Lipinski definition) is 1. The number of anilines is 6. The molecule has 0 unspecified atom stereocenters. The summed E-state index contributed by atoms with van der Waals surface area (Å²) in [6.45, 7) is 0.00203. The molecule has 0 saturated carbocycles. The van der Waals surface area contributed by atoms with Crippen molar-refractivity contribution in [2.45, 2.75) is 0 Å². The van der Waals surface area contributed by atoms with Gasteiger partial charge in [-0.2, -0.15) is 0 Å².